The van der Waals surface area contributed by atoms with Crippen LogP contribution in [0.5, 0.6) is 5.75 Å². The lowest BCUT2D eigenvalue weighted by molar-refractivity contribution is -0.142. The van der Waals surface area contributed by atoms with Crippen molar-refractivity contribution in [2.45, 2.75) is 125 Å². The maximum absolute atomic E-state index is 13.8. The van der Waals surface area contributed by atoms with Crippen LogP contribution in [0.15, 0.2) is 29.3 Å². The SMILES string of the molecule is C[C@@H](O)[C@H](NC(=O)[C@H](CCN)NC(=O)[C@@H](N)CCCN=C(N)N)C(=O)N[C@H](CCN)C(=O)N[C@@H](CCCCN)C(=O)N[C@@H](CS)C(=O)N[C@@H](CCN)C(=O)N[C@@H](CO)C(=O)N[C@@H](Cc1ccc(O)cc1)C(=O)O. The van der Waals surface area contributed by atoms with Gasteiger partial charge < -0.3 is 103 Å². The number of aliphatic imine (C=N–C) groups is 1. The highest BCUT2D eigenvalue weighted by Crippen LogP contribution is 2.12. The van der Waals surface area contributed by atoms with Gasteiger partial charge in [-0.25, -0.2) is 4.79 Å². The molecule has 1 aromatic rings. The van der Waals surface area contributed by atoms with Crippen LogP contribution in [0, 0.1) is 0 Å². The summed E-state index contributed by atoms with van der Waals surface area (Å²) in [5, 5.41) is 59.0. The summed E-state index contributed by atoms with van der Waals surface area (Å²) in [5.74, 6) is -9.50. The predicted molar refractivity (Wildman–Crippen MR) is 269 cm³/mol. The Morgan fingerprint density at radius 1 is 0.562 bits per heavy atom. The molecule has 0 saturated carbocycles. The van der Waals surface area contributed by atoms with E-state index >= 15 is 0 Å². The third-order valence-electron chi connectivity index (χ3n) is 10.8. The highest BCUT2D eigenvalue weighted by molar-refractivity contribution is 7.80. The molecule has 0 aliphatic heterocycles. The van der Waals surface area contributed by atoms with Gasteiger partial charge in [0.05, 0.1) is 18.8 Å². The van der Waals surface area contributed by atoms with E-state index in [0.717, 1.165) is 0 Å². The van der Waals surface area contributed by atoms with Gasteiger partial charge in [-0.05, 0) is 102 Å². The average molecular weight is 1060 g/mol. The maximum Gasteiger partial charge on any atom is 0.326 e. The molecule has 0 aromatic heterocycles. The van der Waals surface area contributed by atoms with Gasteiger partial charge in [0.25, 0.3) is 0 Å². The zero-order chi connectivity index (χ0) is 55.2. The van der Waals surface area contributed by atoms with E-state index in [1.807, 2.05) is 0 Å². The van der Waals surface area contributed by atoms with Gasteiger partial charge in [-0.15, -0.1) is 0 Å². The van der Waals surface area contributed by atoms with Gasteiger partial charge in [-0.1, -0.05) is 12.1 Å². The molecule has 1 rings (SSSR count). The number of rotatable bonds is 36. The van der Waals surface area contributed by atoms with Crippen molar-refractivity contribution in [2.24, 2.45) is 45.1 Å². The zero-order valence-corrected chi connectivity index (χ0v) is 41.7. The molecule has 8 amide bonds. The molecule has 0 fully saturated rings. The van der Waals surface area contributed by atoms with Crippen molar-refractivity contribution in [1.82, 2.24) is 42.5 Å². The number of guanidine groups is 1. The van der Waals surface area contributed by atoms with Crippen molar-refractivity contribution in [1.29, 1.82) is 0 Å². The fraction of sp³-hybridized carbons (Fsp3) is 0.628. The number of unbranched alkanes of at least 4 members (excludes halogenated alkanes) is 1. The third kappa shape index (κ3) is 24.2. The van der Waals surface area contributed by atoms with Crippen molar-refractivity contribution in [3.05, 3.63) is 29.8 Å². The van der Waals surface area contributed by atoms with E-state index in [2.05, 4.69) is 60.2 Å². The van der Waals surface area contributed by atoms with Crippen LogP contribution in [0.1, 0.15) is 63.9 Å². The number of benzene rings is 1. The van der Waals surface area contributed by atoms with E-state index in [9.17, 15) is 63.6 Å². The number of nitrogens with two attached hydrogens (primary N) is 7. The fourth-order valence-corrected chi connectivity index (χ4v) is 6.99. The molecular weight excluding hydrogens is 981 g/mol. The zero-order valence-electron chi connectivity index (χ0n) is 40.8. The molecule has 0 unspecified atom stereocenters. The number of hydrogen-bond acceptors (Lipinski definition) is 19. The van der Waals surface area contributed by atoms with E-state index in [-0.39, 0.29) is 88.7 Å². The fourth-order valence-electron chi connectivity index (χ4n) is 6.74. The van der Waals surface area contributed by atoms with Crippen LogP contribution in [0.3, 0.4) is 0 Å². The van der Waals surface area contributed by atoms with Crippen LogP contribution in [0.4, 0.5) is 0 Å². The molecule has 0 radical (unpaired) electrons. The molecule has 0 aliphatic carbocycles. The first kappa shape index (κ1) is 64.6. The first-order valence-electron chi connectivity index (χ1n) is 23.5. The quantitative estimate of drug-likeness (QED) is 0.0128. The Morgan fingerprint density at radius 3 is 1.44 bits per heavy atom. The number of nitrogens with zero attached hydrogens (tertiary/aromatic N) is 1. The number of aliphatic hydroxyl groups is 2. The van der Waals surface area contributed by atoms with E-state index < -0.39 is 120 Å². The van der Waals surface area contributed by atoms with Gasteiger partial charge in [-0.3, -0.25) is 43.3 Å². The first-order chi connectivity index (χ1) is 34.6. The number of carboxylic acids is 1. The van der Waals surface area contributed by atoms with Crippen LogP contribution in [-0.2, 0) is 49.6 Å². The number of nitrogens with one attached hydrogen (secondary N) is 8. The van der Waals surface area contributed by atoms with E-state index in [1.54, 1.807) is 0 Å². The minimum absolute atomic E-state index is 0.0278. The highest BCUT2D eigenvalue weighted by atomic mass is 32.1. The minimum atomic E-state index is -1.69. The molecule has 30 heteroatoms. The van der Waals surface area contributed by atoms with E-state index in [1.165, 1.54) is 31.2 Å². The second-order valence-electron chi connectivity index (χ2n) is 16.8. The summed E-state index contributed by atoms with van der Waals surface area (Å²) in [6.07, 6.45) is -1.09. The second kappa shape index (κ2) is 34.9. The molecule has 29 nitrogen and oxygen atoms in total. The first-order valence-corrected chi connectivity index (χ1v) is 24.2. The Balaban J connectivity index is 3.17. The number of carbonyl (C=O) groups excluding carboxylic acids is 8. The van der Waals surface area contributed by atoms with Crippen LogP contribution in [0.25, 0.3) is 0 Å². The number of aliphatic carboxylic acids is 1. The van der Waals surface area contributed by atoms with Crippen molar-refractivity contribution in [2.75, 3.05) is 45.1 Å². The summed E-state index contributed by atoms with van der Waals surface area (Å²) in [5.41, 5.74) is 39.9. The van der Waals surface area contributed by atoms with Gasteiger partial charge in [0.1, 0.15) is 54.1 Å². The van der Waals surface area contributed by atoms with Crippen molar-refractivity contribution >= 4 is 71.8 Å². The number of amides is 8. The number of carboxylic acid groups (broad SMARTS) is 1. The summed E-state index contributed by atoms with van der Waals surface area (Å²) in [7, 11) is 0. The van der Waals surface area contributed by atoms with Gasteiger partial charge in [0.2, 0.25) is 47.3 Å². The summed E-state index contributed by atoms with van der Waals surface area (Å²) in [6.45, 7) is 0.209. The van der Waals surface area contributed by atoms with Crippen LogP contribution < -0.4 is 82.7 Å². The van der Waals surface area contributed by atoms with Crippen LogP contribution in [-0.4, -0.2) is 185 Å². The molecule has 0 bridgehead atoms. The number of aromatic hydroxyl groups is 1. The van der Waals surface area contributed by atoms with Crippen LogP contribution >= 0.6 is 12.6 Å². The lowest BCUT2D eigenvalue weighted by Gasteiger charge is -2.28. The maximum atomic E-state index is 13.8. The standard InChI is InChI=1S/C43H76N16O13S/c1-22(61)33(59-38(67)29(13-17-47)52-34(63)25(48)5-4-18-51-43(49)50)41(70)55-28(12-16-46)36(65)53-26(6-2-3-14-44)35(64)58-32(21-73)40(69)54-27(11-15-45)37(66)57-31(20-60)39(68)56-30(42(71)72)19-23-7-9-24(62)10-8-23/h7-10,22,25-33,60-62,73H,2-6,11-21,44-48H2,1H3,(H,52,63)(H,53,65)(H,54,69)(H,55,70)(H,56,68)(H,57,66)(H,58,64)(H,59,67)(H,71,72)(H4,49,50,51)/t22-,25+,26+,27+,28-,29+,30+,31+,32+,33+/m1/s1. The number of carbonyl (C=O) groups is 9. The van der Waals surface area contributed by atoms with Gasteiger partial charge in [0, 0.05) is 18.7 Å². The Kier molecular flexibility index (Phi) is 30.9. The normalized spacial score (nSPS) is 15.1. The minimum Gasteiger partial charge on any atom is -0.508 e. The van der Waals surface area contributed by atoms with Gasteiger partial charge in [-0.2, -0.15) is 12.6 Å². The van der Waals surface area contributed by atoms with Gasteiger partial charge >= 0.3 is 5.97 Å². The Bertz CT molecular complexity index is 1980. The molecule has 0 aliphatic rings. The van der Waals surface area contributed by atoms with Crippen molar-refractivity contribution in [3.8, 4) is 5.75 Å². The molecule has 412 valence electrons. The third-order valence-corrected chi connectivity index (χ3v) is 11.2. The Morgan fingerprint density at radius 2 is 0.986 bits per heavy atom. The number of thiol groups is 1. The number of hydrogen-bond donors (Lipinski definition) is 20. The average Bonchev–Trinajstić information content (AvgIpc) is 3.34. The molecular formula is C43H76N16O13S. The molecule has 26 N–H and O–H groups in total. The second-order valence-corrected chi connectivity index (χ2v) is 17.2. The predicted octanol–water partition coefficient (Wildman–Crippen LogP) is -8.24. The smallest absolute Gasteiger partial charge is 0.326 e. The van der Waals surface area contributed by atoms with Crippen LogP contribution in [0.2, 0.25) is 0 Å². The summed E-state index contributed by atoms with van der Waals surface area (Å²) < 4.78 is 0. The number of phenolic OH excluding ortho intramolecular Hbond substituents is 1. The molecule has 10 atom stereocenters. The topological polar surface area (TPSA) is 525 Å². The highest BCUT2D eigenvalue weighted by Gasteiger charge is 2.35. The number of aliphatic hydroxyl groups excluding tert-OH is 2. The van der Waals surface area contributed by atoms with E-state index in [4.69, 9.17) is 40.1 Å². The lowest BCUT2D eigenvalue weighted by Crippen LogP contribution is -2.62. The van der Waals surface area contributed by atoms with Gasteiger partial charge in [0.15, 0.2) is 5.96 Å². The summed E-state index contributed by atoms with van der Waals surface area (Å²) in [4.78, 5) is 123. The monoisotopic (exact) mass is 1060 g/mol. The molecule has 73 heavy (non-hydrogen) atoms. The largest absolute Gasteiger partial charge is 0.508 e. The summed E-state index contributed by atoms with van der Waals surface area (Å²) in [6, 6.07) is -7.43. The Hall–Kier alpha value is -6.41. The van der Waals surface area contributed by atoms with E-state index in [0.29, 0.717) is 24.8 Å². The lowest BCUT2D eigenvalue weighted by atomic mass is 10.0. The van der Waals surface area contributed by atoms with Crippen molar-refractivity contribution in [3.63, 3.8) is 0 Å². The Labute approximate surface area is 427 Å². The molecule has 0 saturated heterocycles. The van der Waals surface area contributed by atoms with Crippen molar-refractivity contribution < 1.29 is 63.6 Å². The molecule has 1 aromatic carbocycles. The molecule has 0 spiro atoms. The molecule has 0 heterocycles. The summed E-state index contributed by atoms with van der Waals surface area (Å²) >= 11 is 4.19. The number of phenols is 1.